The van der Waals surface area contributed by atoms with Crippen LogP contribution < -0.4 is 10.1 Å². The summed E-state index contributed by atoms with van der Waals surface area (Å²) < 4.78 is 10.7. The Morgan fingerprint density at radius 3 is 2.33 bits per heavy atom. The van der Waals surface area contributed by atoms with Gasteiger partial charge in [0, 0.05) is 30.0 Å². The van der Waals surface area contributed by atoms with Gasteiger partial charge in [-0.15, -0.1) is 0 Å². The van der Waals surface area contributed by atoms with E-state index in [4.69, 9.17) is 9.47 Å². The van der Waals surface area contributed by atoms with Gasteiger partial charge in [-0.1, -0.05) is 0 Å². The number of nitro benzene ring substituents is 1. The summed E-state index contributed by atoms with van der Waals surface area (Å²) in [7, 11) is 0. The van der Waals surface area contributed by atoms with Gasteiger partial charge in [-0.2, -0.15) is 0 Å². The Labute approximate surface area is 139 Å². The molecule has 2 rings (SSSR count). The van der Waals surface area contributed by atoms with E-state index in [2.05, 4.69) is 5.32 Å². The molecule has 1 N–H and O–H groups in total. The van der Waals surface area contributed by atoms with Crippen molar-refractivity contribution in [1.29, 1.82) is 0 Å². The molecule has 0 heterocycles. The van der Waals surface area contributed by atoms with E-state index in [0.717, 1.165) is 0 Å². The molecule has 0 unspecified atom stereocenters. The highest BCUT2D eigenvalue weighted by Gasteiger charge is 2.09. The molecule has 0 saturated heterocycles. The van der Waals surface area contributed by atoms with Gasteiger partial charge in [0.1, 0.15) is 12.4 Å². The lowest BCUT2D eigenvalue weighted by molar-refractivity contribution is -0.384. The molecule has 0 radical (unpaired) electrons. The van der Waals surface area contributed by atoms with Crippen LogP contribution >= 0.6 is 0 Å². The van der Waals surface area contributed by atoms with Gasteiger partial charge < -0.3 is 14.8 Å². The van der Waals surface area contributed by atoms with Crippen LogP contribution in [0.1, 0.15) is 17.3 Å². The average Bonchev–Trinajstić information content (AvgIpc) is 2.60. The standard InChI is InChI=1S/C17H18N2O5/c1-2-23-11-12-24-16-9-5-14(6-10-16)18-17(20)13-3-7-15(8-4-13)19(21)22/h3-10H,2,11-12H2,1H3,(H,18,20). The van der Waals surface area contributed by atoms with E-state index in [1.165, 1.54) is 24.3 Å². The van der Waals surface area contributed by atoms with Crippen LogP contribution in [0.4, 0.5) is 11.4 Å². The van der Waals surface area contributed by atoms with E-state index in [0.29, 0.717) is 36.8 Å². The molecule has 0 atom stereocenters. The number of benzene rings is 2. The number of hydrogen-bond acceptors (Lipinski definition) is 5. The Balaban J connectivity index is 1.90. The number of hydrogen-bond donors (Lipinski definition) is 1. The molecule has 7 heteroatoms. The van der Waals surface area contributed by atoms with Gasteiger partial charge in [0.05, 0.1) is 11.5 Å². The molecular weight excluding hydrogens is 312 g/mol. The maximum atomic E-state index is 12.1. The lowest BCUT2D eigenvalue weighted by Gasteiger charge is -2.08. The predicted molar refractivity (Wildman–Crippen MR) is 89.5 cm³/mol. The van der Waals surface area contributed by atoms with Crippen molar-refractivity contribution in [1.82, 2.24) is 0 Å². The molecule has 0 aliphatic rings. The highest BCUT2D eigenvalue weighted by Crippen LogP contribution is 2.17. The Morgan fingerprint density at radius 2 is 1.75 bits per heavy atom. The second kappa shape index (κ2) is 8.64. The first-order chi connectivity index (χ1) is 11.6. The fraction of sp³-hybridized carbons (Fsp3) is 0.235. The number of nitro groups is 1. The summed E-state index contributed by atoms with van der Waals surface area (Å²) >= 11 is 0. The normalized spacial score (nSPS) is 10.2. The van der Waals surface area contributed by atoms with Crippen LogP contribution in [0, 0.1) is 10.1 Å². The summed E-state index contributed by atoms with van der Waals surface area (Å²) in [6, 6.07) is 12.4. The molecule has 0 aliphatic carbocycles. The lowest BCUT2D eigenvalue weighted by atomic mass is 10.2. The second-order valence-corrected chi connectivity index (χ2v) is 4.83. The molecule has 2 aromatic carbocycles. The SMILES string of the molecule is CCOCCOc1ccc(NC(=O)c2ccc([N+](=O)[O-])cc2)cc1. The third-order valence-corrected chi connectivity index (χ3v) is 3.15. The van der Waals surface area contributed by atoms with Gasteiger partial charge in [0.15, 0.2) is 0 Å². The van der Waals surface area contributed by atoms with Crippen LogP contribution in [0.25, 0.3) is 0 Å². The average molecular weight is 330 g/mol. The highest BCUT2D eigenvalue weighted by molar-refractivity contribution is 6.04. The van der Waals surface area contributed by atoms with Gasteiger partial charge in [-0.3, -0.25) is 14.9 Å². The molecule has 0 spiro atoms. The Kier molecular flexibility index (Phi) is 6.27. The summed E-state index contributed by atoms with van der Waals surface area (Å²) in [6.07, 6.45) is 0. The van der Waals surface area contributed by atoms with Crippen LogP contribution in [0.3, 0.4) is 0 Å². The number of carbonyl (C=O) groups is 1. The van der Waals surface area contributed by atoms with Gasteiger partial charge in [0.2, 0.25) is 0 Å². The smallest absolute Gasteiger partial charge is 0.269 e. The number of rotatable bonds is 8. The zero-order chi connectivity index (χ0) is 17.4. The van der Waals surface area contributed by atoms with Crippen molar-refractivity contribution in [3.05, 3.63) is 64.2 Å². The van der Waals surface area contributed by atoms with Crippen molar-refractivity contribution in [2.24, 2.45) is 0 Å². The van der Waals surface area contributed by atoms with E-state index < -0.39 is 4.92 Å². The first kappa shape index (κ1) is 17.4. The fourth-order valence-corrected chi connectivity index (χ4v) is 1.94. The maximum Gasteiger partial charge on any atom is 0.269 e. The molecule has 0 fully saturated rings. The predicted octanol–water partition coefficient (Wildman–Crippen LogP) is 3.26. The van der Waals surface area contributed by atoms with Crippen molar-refractivity contribution in [3.8, 4) is 5.75 Å². The highest BCUT2D eigenvalue weighted by atomic mass is 16.6. The zero-order valence-electron chi connectivity index (χ0n) is 13.2. The monoisotopic (exact) mass is 330 g/mol. The zero-order valence-corrected chi connectivity index (χ0v) is 13.2. The van der Waals surface area contributed by atoms with Gasteiger partial charge in [-0.05, 0) is 43.3 Å². The third kappa shape index (κ3) is 5.06. The minimum atomic E-state index is -0.508. The summed E-state index contributed by atoms with van der Waals surface area (Å²) in [4.78, 5) is 22.2. The number of amides is 1. The number of nitrogens with one attached hydrogen (secondary N) is 1. The van der Waals surface area contributed by atoms with Crippen molar-refractivity contribution in [2.45, 2.75) is 6.92 Å². The first-order valence-corrected chi connectivity index (χ1v) is 7.46. The van der Waals surface area contributed by atoms with Crippen molar-refractivity contribution in [2.75, 3.05) is 25.1 Å². The number of anilines is 1. The van der Waals surface area contributed by atoms with Crippen LogP contribution in [0.5, 0.6) is 5.75 Å². The molecular formula is C17H18N2O5. The van der Waals surface area contributed by atoms with Crippen LogP contribution in [0.2, 0.25) is 0 Å². The van der Waals surface area contributed by atoms with E-state index in [1.807, 2.05) is 6.92 Å². The van der Waals surface area contributed by atoms with Gasteiger partial charge in [-0.25, -0.2) is 0 Å². The molecule has 0 saturated carbocycles. The second-order valence-electron chi connectivity index (χ2n) is 4.83. The van der Waals surface area contributed by atoms with E-state index in [9.17, 15) is 14.9 Å². The van der Waals surface area contributed by atoms with Gasteiger partial charge >= 0.3 is 0 Å². The van der Waals surface area contributed by atoms with Crippen LogP contribution in [-0.2, 0) is 4.74 Å². The first-order valence-electron chi connectivity index (χ1n) is 7.46. The Morgan fingerprint density at radius 1 is 1.08 bits per heavy atom. The van der Waals surface area contributed by atoms with Crippen LogP contribution in [-0.4, -0.2) is 30.7 Å². The molecule has 0 aromatic heterocycles. The third-order valence-electron chi connectivity index (χ3n) is 3.15. The van der Waals surface area contributed by atoms with E-state index in [-0.39, 0.29) is 11.6 Å². The number of ether oxygens (including phenoxy) is 2. The van der Waals surface area contributed by atoms with E-state index in [1.54, 1.807) is 24.3 Å². The Hall–Kier alpha value is -2.93. The largest absolute Gasteiger partial charge is 0.491 e. The number of carbonyl (C=O) groups excluding carboxylic acids is 1. The van der Waals surface area contributed by atoms with E-state index >= 15 is 0 Å². The number of non-ortho nitro benzene ring substituents is 1. The fourth-order valence-electron chi connectivity index (χ4n) is 1.94. The van der Waals surface area contributed by atoms with Crippen molar-refractivity contribution < 1.29 is 19.2 Å². The molecule has 24 heavy (non-hydrogen) atoms. The van der Waals surface area contributed by atoms with Gasteiger partial charge in [0.25, 0.3) is 11.6 Å². The lowest BCUT2D eigenvalue weighted by Crippen LogP contribution is -2.11. The van der Waals surface area contributed by atoms with Crippen molar-refractivity contribution >= 4 is 17.3 Å². The summed E-state index contributed by atoms with van der Waals surface area (Å²) in [6.45, 7) is 3.55. The number of nitrogens with zero attached hydrogens (tertiary/aromatic N) is 1. The summed E-state index contributed by atoms with van der Waals surface area (Å²) in [5.41, 5.74) is 0.897. The molecule has 7 nitrogen and oxygen atoms in total. The Bertz CT molecular complexity index is 683. The molecule has 2 aromatic rings. The molecule has 0 bridgehead atoms. The summed E-state index contributed by atoms with van der Waals surface area (Å²) in [5.74, 6) is 0.345. The minimum Gasteiger partial charge on any atom is -0.491 e. The molecule has 126 valence electrons. The summed E-state index contributed by atoms with van der Waals surface area (Å²) in [5, 5.41) is 13.3. The minimum absolute atomic E-state index is 0.0555. The van der Waals surface area contributed by atoms with Crippen molar-refractivity contribution in [3.63, 3.8) is 0 Å². The molecule has 0 aliphatic heterocycles. The quantitative estimate of drug-likeness (QED) is 0.456. The maximum absolute atomic E-state index is 12.1. The molecule has 1 amide bonds. The van der Waals surface area contributed by atoms with Crippen LogP contribution in [0.15, 0.2) is 48.5 Å². The topological polar surface area (TPSA) is 90.7 Å².